The number of benzene rings is 1. The quantitative estimate of drug-likeness (QED) is 0.363. The number of nitrogens with zero attached hydrogens (tertiary/aromatic N) is 5. The topological polar surface area (TPSA) is 138 Å². The van der Waals surface area contributed by atoms with Gasteiger partial charge in [-0.05, 0) is 12.5 Å². The van der Waals surface area contributed by atoms with Gasteiger partial charge in [-0.25, -0.2) is 15.0 Å². The summed E-state index contributed by atoms with van der Waals surface area (Å²) in [6.07, 6.45) is -1.44. The molecule has 146 valence electrons. The minimum Gasteiger partial charge on any atom is -0.394 e. The maximum Gasteiger partial charge on any atom is 0.177 e. The average molecular weight is 384 g/mol. The van der Waals surface area contributed by atoms with Gasteiger partial charge < -0.3 is 20.1 Å². The van der Waals surface area contributed by atoms with Crippen LogP contribution in [-0.2, 0) is 4.74 Å². The van der Waals surface area contributed by atoms with Gasteiger partial charge in [0.1, 0.15) is 24.6 Å². The maximum atomic E-state index is 10.2. The van der Waals surface area contributed by atoms with Gasteiger partial charge in [0.2, 0.25) is 0 Å². The van der Waals surface area contributed by atoms with E-state index in [1.807, 2.05) is 37.3 Å². The lowest BCUT2D eigenvalue weighted by Crippen LogP contribution is -2.33. The van der Waals surface area contributed by atoms with Crippen molar-refractivity contribution in [2.75, 3.05) is 12.0 Å². The predicted molar refractivity (Wildman–Crippen MR) is 101 cm³/mol. The van der Waals surface area contributed by atoms with Crippen molar-refractivity contribution in [3.63, 3.8) is 0 Å². The summed E-state index contributed by atoms with van der Waals surface area (Å²) in [7, 11) is 0. The van der Waals surface area contributed by atoms with E-state index in [9.17, 15) is 15.3 Å². The van der Waals surface area contributed by atoms with Crippen LogP contribution in [0.5, 0.6) is 0 Å². The molecule has 1 aliphatic rings. The first-order chi connectivity index (χ1) is 13.6. The summed E-state index contributed by atoms with van der Waals surface area (Å²) < 4.78 is 7.05. The highest BCUT2D eigenvalue weighted by molar-refractivity contribution is 5.99. The highest BCUT2D eigenvalue weighted by Crippen LogP contribution is 2.32. The molecule has 3 aromatic rings. The van der Waals surface area contributed by atoms with Gasteiger partial charge in [0.15, 0.2) is 23.2 Å². The van der Waals surface area contributed by atoms with Gasteiger partial charge in [0.25, 0.3) is 0 Å². The fraction of sp³-hybridized carbons (Fsp3) is 0.333. The molecular weight excluding hydrogens is 364 g/mol. The molecule has 0 spiro atoms. The molecular formula is C18H20N6O4. The van der Waals surface area contributed by atoms with Crippen molar-refractivity contribution < 1.29 is 20.1 Å². The Morgan fingerprint density at radius 1 is 1.18 bits per heavy atom. The summed E-state index contributed by atoms with van der Waals surface area (Å²) >= 11 is 0. The molecule has 4 rings (SSSR count). The SMILES string of the molecule is CC(=NNc1ncnc2c1ncn2C1O[C@H](CO)[C@@H](O)[C@H]1O)c1ccccc1. The molecule has 1 aromatic carbocycles. The zero-order chi connectivity index (χ0) is 19.7. The molecule has 2 aromatic heterocycles. The second kappa shape index (κ2) is 7.60. The summed E-state index contributed by atoms with van der Waals surface area (Å²) in [6.45, 7) is 1.47. The number of aromatic nitrogens is 4. The lowest BCUT2D eigenvalue weighted by Gasteiger charge is -2.16. The number of hydrogen-bond acceptors (Lipinski definition) is 9. The number of rotatable bonds is 5. The number of hydrazone groups is 1. The van der Waals surface area contributed by atoms with Gasteiger partial charge in [-0.2, -0.15) is 5.10 Å². The van der Waals surface area contributed by atoms with Gasteiger partial charge in [-0.15, -0.1) is 0 Å². The second-order valence-corrected chi connectivity index (χ2v) is 6.45. The molecule has 1 fully saturated rings. The van der Waals surface area contributed by atoms with Crippen LogP contribution in [0.25, 0.3) is 11.2 Å². The lowest BCUT2D eigenvalue weighted by molar-refractivity contribution is -0.0511. The number of ether oxygens (including phenoxy) is 1. The normalized spacial score (nSPS) is 25.4. The molecule has 0 aliphatic carbocycles. The van der Waals surface area contributed by atoms with Crippen LogP contribution in [-0.4, -0.2) is 65.5 Å². The Morgan fingerprint density at radius 3 is 2.68 bits per heavy atom. The maximum absolute atomic E-state index is 10.2. The molecule has 0 bridgehead atoms. The standard InChI is InChI=1S/C18H20N6O4/c1-10(11-5-3-2-4-6-11)22-23-16-13-17(20-8-19-16)24(9-21-13)18-15(27)14(26)12(7-25)28-18/h2-6,8-9,12,14-15,18,25-27H,7H2,1H3,(H,19,20,23)/t12-,14-,15-,18?/m1/s1. The van der Waals surface area contributed by atoms with Gasteiger partial charge in [-0.3, -0.25) is 9.99 Å². The fourth-order valence-corrected chi connectivity index (χ4v) is 3.11. The summed E-state index contributed by atoms with van der Waals surface area (Å²) in [6, 6.07) is 9.70. The van der Waals surface area contributed by atoms with E-state index in [-0.39, 0.29) is 0 Å². The van der Waals surface area contributed by atoms with Crippen molar-refractivity contribution in [1.29, 1.82) is 0 Å². The van der Waals surface area contributed by atoms with Crippen LogP contribution in [0.1, 0.15) is 18.7 Å². The van der Waals surface area contributed by atoms with Crippen LogP contribution >= 0.6 is 0 Å². The van der Waals surface area contributed by atoms with E-state index in [0.717, 1.165) is 11.3 Å². The number of imidazole rings is 1. The molecule has 0 saturated carbocycles. The minimum atomic E-state index is -1.22. The van der Waals surface area contributed by atoms with Crippen LogP contribution in [0.15, 0.2) is 48.1 Å². The minimum absolute atomic E-state index is 0.394. The van der Waals surface area contributed by atoms with E-state index in [0.29, 0.717) is 17.0 Å². The largest absolute Gasteiger partial charge is 0.394 e. The smallest absolute Gasteiger partial charge is 0.177 e. The molecule has 1 saturated heterocycles. The van der Waals surface area contributed by atoms with E-state index in [1.54, 1.807) is 0 Å². The van der Waals surface area contributed by atoms with E-state index in [4.69, 9.17) is 4.74 Å². The zero-order valence-corrected chi connectivity index (χ0v) is 15.0. The molecule has 28 heavy (non-hydrogen) atoms. The molecule has 10 nitrogen and oxygen atoms in total. The number of nitrogens with one attached hydrogen (secondary N) is 1. The van der Waals surface area contributed by atoms with E-state index in [2.05, 4.69) is 25.5 Å². The third kappa shape index (κ3) is 3.22. The third-order valence-electron chi connectivity index (χ3n) is 4.67. The third-order valence-corrected chi connectivity index (χ3v) is 4.67. The van der Waals surface area contributed by atoms with Crippen molar-refractivity contribution in [3.8, 4) is 0 Å². The summed E-state index contributed by atoms with van der Waals surface area (Å²) in [4.78, 5) is 12.7. The Labute approximate surface area is 160 Å². The van der Waals surface area contributed by atoms with Crippen molar-refractivity contribution >= 4 is 22.7 Å². The fourth-order valence-electron chi connectivity index (χ4n) is 3.11. The molecule has 4 atom stereocenters. The van der Waals surface area contributed by atoms with Crippen molar-refractivity contribution in [3.05, 3.63) is 48.5 Å². The number of hydrogen-bond donors (Lipinski definition) is 4. The highest BCUT2D eigenvalue weighted by Gasteiger charge is 2.44. The molecule has 0 radical (unpaired) electrons. The monoisotopic (exact) mass is 384 g/mol. The summed E-state index contributed by atoms with van der Waals surface area (Å²) in [5.41, 5.74) is 5.48. The molecule has 4 N–H and O–H groups in total. The van der Waals surface area contributed by atoms with Gasteiger partial charge in [-0.1, -0.05) is 30.3 Å². The number of fused-ring (bicyclic) bond motifs is 1. The Kier molecular flexibility index (Phi) is 5.01. The Bertz CT molecular complexity index is 992. The Hall–Kier alpha value is -2.92. The van der Waals surface area contributed by atoms with E-state index >= 15 is 0 Å². The molecule has 0 amide bonds. The first-order valence-electron chi connectivity index (χ1n) is 8.76. The molecule has 1 aliphatic heterocycles. The van der Waals surface area contributed by atoms with E-state index < -0.39 is 31.1 Å². The van der Waals surface area contributed by atoms with Gasteiger partial charge in [0.05, 0.1) is 18.6 Å². The molecule has 1 unspecified atom stereocenters. The number of anilines is 1. The predicted octanol–water partition coefficient (Wildman–Crippen LogP) is 0.274. The van der Waals surface area contributed by atoms with Crippen LogP contribution in [0, 0.1) is 0 Å². The summed E-state index contributed by atoms with van der Waals surface area (Å²) in [5.74, 6) is 0.394. The first kappa shape index (κ1) is 18.4. The van der Waals surface area contributed by atoms with Crippen molar-refractivity contribution in [1.82, 2.24) is 19.5 Å². The van der Waals surface area contributed by atoms with E-state index in [1.165, 1.54) is 17.2 Å². The highest BCUT2D eigenvalue weighted by atomic mass is 16.6. The van der Waals surface area contributed by atoms with Crippen molar-refractivity contribution in [2.24, 2.45) is 5.10 Å². The van der Waals surface area contributed by atoms with Crippen LogP contribution in [0.3, 0.4) is 0 Å². The van der Waals surface area contributed by atoms with Crippen LogP contribution in [0.4, 0.5) is 5.82 Å². The first-order valence-corrected chi connectivity index (χ1v) is 8.76. The lowest BCUT2D eigenvalue weighted by atomic mass is 10.1. The van der Waals surface area contributed by atoms with Crippen molar-refractivity contribution in [2.45, 2.75) is 31.5 Å². The van der Waals surface area contributed by atoms with Gasteiger partial charge in [0, 0.05) is 0 Å². The Balaban J connectivity index is 1.63. The zero-order valence-electron chi connectivity index (χ0n) is 15.0. The molecule has 10 heteroatoms. The number of aliphatic hydroxyl groups is 3. The molecule has 3 heterocycles. The van der Waals surface area contributed by atoms with Crippen LogP contribution < -0.4 is 5.43 Å². The summed E-state index contributed by atoms with van der Waals surface area (Å²) in [5, 5.41) is 33.8. The van der Waals surface area contributed by atoms with Gasteiger partial charge >= 0.3 is 0 Å². The van der Waals surface area contributed by atoms with Crippen LogP contribution in [0.2, 0.25) is 0 Å². The second-order valence-electron chi connectivity index (χ2n) is 6.45. The Morgan fingerprint density at radius 2 is 1.96 bits per heavy atom. The number of aliphatic hydroxyl groups excluding tert-OH is 3. The average Bonchev–Trinajstić information content (AvgIpc) is 3.28.